The van der Waals surface area contributed by atoms with Crippen molar-refractivity contribution in [3.05, 3.63) is 35.9 Å². The quantitative estimate of drug-likeness (QED) is 0.810. The fourth-order valence-corrected chi connectivity index (χ4v) is 2.50. The average Bonchev–Trinajstić information content (AvgIpc) is 2.75. The molecular formula is C14H22N2. The third-order valence-corrected chi connectivity index (χ3v) is 3.42. The maximum Gasteiger partial charge on any atom is 0.0107 e. The molecule has 1 heterocycles. The molecule has 0 aliphatic carbocycles. The van der Waals surface area contributed by atoms with Crippen LogP contribution in [-0.4, -0.2) is 38.1 Å². The summed E-state index contributed by atoms with van der Waals surface area (Å²) in [4.78, 5) is 2.57. The normalized spacial score (nSPS) is 21.4. The topological polar surface area (TPSA) is 15.3 Å². The molecule has 0 spiro atoms. The second-order valence-electron chi connectivity index (χ2n) is 4.75. The lowest BCUT2D eigenvalue weighted by atomic mass is 9.99. The molecule has 1 aromatic rings. The van der Waals surface area contributed by atoms with Gasteiger partial charge in [0, 0.05) is 19.6 Å². The summed E-state index contributed by atoms with van der Waals surface area (Å²) in [6, 6.07) is 10.9. The molecule has 1 fully saturated rings. The van der Waals surface area contributed by atoms with Crippen LogP contribution in [-0.2, 0) is 6.42 Å². The molecule has 16 heavy (non-hydrogen) atoms. The summed E-state index contributed by atoms with van der Waals surface area (Å²) in [5, 5.41) is 3.22. The summed E-state index contributed by atoms with van der Waals surface area (Å²) in [5.41, 5.74) is 1.49. The molecule has 1 atom stereocenters. The summed E-state index contributed by atoms with van der Waals surface area (Å²) in [6.45, 7) is 4.86. The molecule has 0 amide bonds. The van der Waals surface area contributed by atoms with Gasteiger partial charge in [-0.25, -0.2) is 0 Å². The van der Waals surface area contributed by atoms with Crippen LogP contribution in [0, 0.1) is 5.92 Å². The Hall–Kier alpha value is -0.860. The van der Waals surface area contributed by atoms with Crippen molar-refractivity contribution >= 4 is 0 Å². The van der Waals surface area contributed by atoms with Gasteiger partial charge >= 0.3 is 0 Å². The van der Waals surface area contributed by atoms with Gasteiger partial charge in [0.2, 0.25) is 0 Å². The summed E-state index contributed by atoms with van der Waals surface area (Å²) in [6.07, 6.45) is 2.61. The van der Waals surface area contributed by atoms with Crippen LogP contribution in [0.2, 0.25) is 0 Å². The van der Waals surface area contributed by atoms with Crippen molar-refractivity contribution in [3.8, 4) is 0 Å². The molecule has 1 aliphatic rings. The Morgan fingerprint density at radius 1 is 1.31 bits per heavy atom. The van der Waals surface area contributed by atoms with E-state index in [1.165, 1.54) is 38.0 Å². The third-order valence-electron chi connectivity index (χ3n) is 3.42. The number of likely N-dealkylation sites (N-methyl/N-ethyl adjacent to an activating group) is 1. The minimum absolute atomic E-state index is 0.860. The van der Waals surface area contributed by atoms with Gasteiger partial charge in [-0.3, -0.25) is 0 Å². The van der Waals surface area contributed by atoms with Crippen LogP contribution in [0.5, 0.6) is 0 Å². The molecule has 1 saturated heterocycles. The van der Waals surface area contributed by atoms with Crippen molar-refractivity contribution in [2.75, 3.05) is 33.2 Å². The van der Waals surface area contributed by atoms with Crippen LogP contribution < -0.4 is 5.32 Å². The third kappa shape index (κ3) is 3.32. The van der Waals surface area contributed by atoms with Crippen molar-refractivity contribution in [1.29, 1.82) is 0 Å². The largest absolute Gasteiger partial charge is 0.318 e. The lowest BCUT2D eigenvalue weighted by Crippen LogP contribution is -2.29. The van der Waals surface area contributed by atoms with E-state index in [1.54, 1.807) is 0 Å². The predicted molar refractivity (Wildman–Crippen MR) is 68.6 cm³/mol. The van der Waals surface area contributed by atoms with Crippen molar-refractivity contribution in [2.24, 2.45) is 5.92 Å². The smallest absolute Gasteiger partial charge is 0.0107 e. The van der Waals surface area contributed by atoms with Crippen LogP contribution in [0.15, 0.2) is 30.3 Å². The number of rotatable bonds is 5. The number of nitrogens with zero attached hydrogens (tertiary/aromatic N) is 1. The van der Waals surface area contributed by atoms with E-state index in [0.29, 0.717) is 0 Å². The molecule has 1 aliphatic heterocycles. The van der Waals surface area contributed by atoms with Gasteiger partial charge in [0.15, 0.2) is 0 Å². The van der Waals surface area contributed by atoms with E-state index in [-0.39, 0.29) is 0 Å². The Bertz CT molecular complexity index is 297. The van der Waals surface area contributed by atoms with Gasteiger partial charge in [0.05, 0.1) is 0 Å². The van der Waals surface area contributed by atoms with Gasteiger partial charge in [0.25, 0.3) is 0 Å². The molecule has 88 valence electrons. The highest BCUT2D eigenvalue weighted by atomic mass is 15.2. The number of benzene rings is 1. The predicted octanol–water partition coefficient (Wildman–Crippen LogP) is 1.77. The summed E-state index contributed by atoms with van der Waals surface area (Å²) >= 11 is 0. The summed E-state index contributed by atoms with van der Waals surface area (Å²) in [7, 11) is 2.03. The van der Waals surface area contributed by atoms with Crippen LogP contribution in [0.25, 0.3) is 0 Å². The van der Waals surface area contributed by atoms with Gasteiger partial charge in [-0.1, -0.05) is 30.3 Å². The average molecular weight is 218 g/mol. The van der Waals surface area contributed by atoms with Crippen LogP contribution >= 0.6 is 0 Å². The highest BCUT2D eigenvalue weighted by molar-refractivity contribution is 5.15. The van der Waals surface area contributed by atoms with Gasteiger partial charge in [-0.05, 0) is 37.9 Å². The second-order valence-corrected chi connectivity index (χ2v) is 4.75. The van der Waals surface area contributed by atoms with Crippen molar-refractivity contribution in [2.45, 2.75) is 12.8 Å². The van der Waals surface area contributed by atoms with Crippen molar-refractivity contribution in [1.82, 2.24) is 10.2 Å². The van der Waals surface area contributed by atoms with E-state index in [4.69, 9.17) is 0 Å². The molecule has 2 rings (SSSR count). The highest BCUT2D eigenvalue weighted by Crippen LogP contribution is 2.20. The molecule has 2 heteroatoms. The first-order chi connectivity index (χ1) is 7.88. The first-order valence-electron chi connectivity index (χ1n) is 6.29. The highest BCUT2D eigenvalue weighted by Gasteiger charge is 2.21. The molecule has 2 nitrogen and oxygen atoms in total. The van der Waals surface area contributed by atoms with E-state index in [0.717, 1.165) is 12.5 Å². The van der Waals surface area contributed by atoms with Gasteiger partial charge < -0.3 is 10.2 Å². The van der Waals surface area contributed by atoms with Crippen LogP contribution in [0.4, 0.5) is 0 Å². The van der Waals surface area contributed by atoms with Crippen LogP contribution in [0.1, 0.15) is 12.0 Å². The summed E-state index contributed by atoms with van der Waals surface area (Å²) < 4.78 is 0. The Kier molecular flexibility index (Phi) is 4.37. The summed E-state index contributed by atoms with van der Waals surface area (Å²) in [5.74, 6) is 0.860. The minimum Gasteiger partial charge on any atom is -0.318 e. The van der Waals surface area contributed by atoms with E-state index in [9.17, 15) is 0 Å². The molecule has 0 unspecified atom stereocenters. The molecule has 1 N–H and O–H groups in total. The first-order valence-corrected chi connectivity index (χ1v) is 6.29. The Morgan fingerprint density at radius 2 is 2.12 bits per heavy atom. The lowest BCUT2D eigenvalue weighted by molar-refractivity contribution is 0.325. The molecule has 0 bridgehead atoms. The van der Waals surface area contributed by atoms with Gasteiger partial charge in [-0.2, -0.15) is 0 Å². The maximum absolute atomic E-state index is 3.22. The zero-order valence-corrected chi connectivity index (χ0v) is 10.2. The number of nitrogens with one attached hydrogen (secondary N) is 1. The fraction of sp³-hybridized carbons (Fsp3) is 0.571. The SMILES string of the molecule is CNCCN1CC[C@H](Cc2ccccc2)C1. The molecule has 0 saturated carbocycles. The molecule has 1 aromatic carbocycles. The number of hydrogen-bond donors (Lipinski definition) is 1. The first kappa shape index (κ1) is 11.6. The minimum atomic E-state index is 0.860. The standard InChI is InChI=1S/C14H22N2/c1-15-8-10-16-9-7-14(12-16)11-13-5-3-2-4-6-13/h2-6,14-15H,7-12H2,1H3/t14-/m1/s1. The number of hydrogen-bond acceptors (Lipinski definition) is 2. The van der Waals surface area contributed by atoms with Crippen molar-refractivity contribution < 1.29 is 0 Å². The lowest BCUT2D eigenvalue weighted by Gasteiger charge is -2.15. The van der Waals surface area contributed by atoms with E-state index < -0.39 is 0 Å². The Labute approximate surface area is 98.7 Å². The monoisotopic (exact) mass is 218 g/mol. The van der Waals surface area contributed by atoms with E-state index in [1.807, 2.05) is 7.05 Å². The molecule has 0 aromatic heterocycles. The zero-order valence-electron chi connectivity index (χ0n) is 10.2. The maximum atomic E-state index is 3.22. The van der Waals surface area contributed by atoms with E-state index >= 15 is 0 Å². The molecule has 0 radical (unpaired) electrons. The number of likely N-dealkylation sites (tertiary alicyclic amines) is 1. The van der Waals surface area contributed by atoms with Gasteiger partial charge in [0.1, 0.15) is 0 Å². The second kappa shape index (κ2) is 6.02. The van der Waals surface area contributed by atoms with Crippen LogP contribution in [0.3, 0.4) is 0 Å². The Morgan fingerprint density at radius 3 is 2.88 bits per heavy atom. The van der Waals surface area contributed by atoms with Gasteiger partial charge in [-0.15, -0.1) is 0 Å². The van der Waals surface area contributed by atoms with Crippen molar-refractivity contribution in [3.63, 3.8) is 0 Å². The fourth-order valence-electron chi connectivity index (χ4n) is 2.50. The zero-order chi connectivity index (χ0) is 11.2. The van der Waals surface area contributed by atoms with E-state index in [2.05, 4.69) is 40.5 Å². The molecular weight excluding hydrogens is 196 g/mol. The Balaban J connectivity index is 1.76.